The summed E-state index contributed by atoms with van der Waals surface area (Å²) in [4.78, 5) is 0. The summed E-state index contributed by atoms with van der Waals surface area (Å²) in [6.07, 6.45) is 1.80. The zero-order valence-electron chi connectivity index (χ0n) is 5.69. The zero-order chi connectivity index (χ0) is 7.68. The van der Waals surface area contributed by atoms with E-state index >= 15 is 0 Å². The SMILES string of the molecule is O=S1C=Cc2ccccc2O1. The number of hydrogen-bond donors (Lipinski definition) is 0. The predicted molar refractivity (Wildman–Crippen MR) is 44.2 cm³/mol. The van der Waals surface area contributed by atoms with Gasteiger partial charge in [-0.15, -0.1) is 0 Å². The van der Waals surface area contributed by atoms with E-state index in [0.717, 1.165) is 5.56 Å². The molecule has 1 unspecified atom stereocenters. The van der Waals surface area contributed by atoms with Crippen LogP contribution in [0.4, 0.5) is 0 Å². The summed E-state index contributed by atoms with van der Waals surface area (Å²) in [6, 6.07) is 7.49. The van der Waals surface area contributed by atoms with Crippen molar-refractivity contribution in [3.05, 3.63) is 35.2 Å². The summed E-state index contributed by atoms with van der Waals surface area (Å²) in [5.41, 5.74) is 0.979. The Kier molecular flexibility index (Phi) is 1.51. The van der Waals surface area contributed by atoms with Crippen molar-refractivity contribution in [2.75, 3.05) is 0 Å². The summed E-state index contributed by atoms with van der Waals surface area (Å²) < 4.78 is 15.8. The molecule has 0 radical (unpaired) electrons. The van der Waals surface area contributed by atoms with Gasteiger partial charge in [0.15, 0.2) is 0 Å². The molecule has 11 heavy (non-hydrogen) atoms. The molecule has 0 saturated heterocycles. The average molecular weight is 166 g/mol. The van der Waals surface area contributed by atoms with Gasteiger partial charge < -0.3 is 4.18 Å². The van der Waals surface area contributed by atoms with Crippen molar-refractivity contribution in [3.8, 4) is 5.75 Å². The van der Waals surface area contributed by atoms with Gasteiger partial charge in [0, 0.05) is 11.0 Å². The molecule has 0 spiro atoms. The third-order valence-electron chi connectivity index (χ3n) is 1.45. The summed E-state index contributed by atoms with van der Waals surface area (Å²) in [6.45, 7) is 0. The van der Waals surface area contributed by atoms with E-state index in [1.54, 1.807) is 12.1 Å². The van der Waals surface area contributed by atoms with Crippen LogP contribution in [0, 0.1) is 0 Å². The van der Waals surface area contributed by atoms with E-state index in [9.17, 15) is 4.21 Å². The first-order valence-corrected chi connectivity index (χ1v) is 4.36. The lowest BCUT2D eigenvalue weighted by Gasteiger charge is -2.08. The van der Waals surface area contributed by atoms with E-state index < -0.39 is 11.1 Å². The van der Waals surface area contributed by atoms with Crippen molar-refractivity contribution in [2.45, 2.75) is 0 Å². The van der Waals surface area contributed by atoms with Crippen molar-refractivity contribution in [2.24, 2.45) is 0 Å². The minimum Gasteiger partial charge on any atom is -0.397 e. The Morgan fingerprint density at radius 2 is 2.09 bits per heavy atom. The summed E-state index contributed by atoms with van der Waals surface area (Å²) in [5, 5.41) is 1.53. The number of para-hydroxylation sites is 1. The second kappa shape index (κ2) is 2.51. The van der Waals surface area contributed by atoms with Crippen LogP contribution in [0.3, 0.4) is 0 Å². The van der Waals surface area contributed by atoms with Crippen molar-refractivity contribution in [1.29, 1.82) is 0 Å². The standard InChI is InChI=1S/C8H6O2S/c9-11-6-5-7-3-1-2-4-8(7)10-11/h1-6H. The smallest absolute Gasteiger partial charge is 0.233 e. The van der Waals surface area contributed by atoms with Crippen LogP contribution in [0.1, 0.15) is 5.56 Å². The Labute approximate surface area is 67.2 Å². The Morgan fingerprint density at radius 3 is 3.00 bits per heavy atom. The molecule has 0 saturated carbocycles. The van der Waals surface area contributed by atoms with Crippen LogP contribution in [0.2, 0.25) is 0 Å². The van der Waals surface area contributed by atoms with Gasteiger partial charge >= 0.3 is 0 Å². The van der Waals surface area contributed by atoms with Crippen LogP contribution in [0.5, 0.6) is 5.75 Å². The van der Waals surface area contributed by atoms with E-state index in [1.165, 1.54) is 5.41 Å². The van der Waals surface area contributed by atoms with Crippen LogP contribution in [0.25, 0.3) is 6.08 Å². The normalized spacial score (nSPS) is 20.5. The minimum atomic E-state index is -1.28. The Bertz CT molecular complexity index is 331. The molecule has 2 nitrogen and oxygen atoms in total. The molecule has 0 amide bonds. The monoisotopic (exact) mass is 166 g/mol. The number of hydrogen-bond acceptors (Lipinski definition) is 2. The van der Waals surface area contributed by atoms with Gasteiger partial charge in [0.05, 0.1) is 0 Å². The third kappa shape index (κ3) is 1.19. The van der Waals surface area contributed by atoms with E-state index in [1.807, 2.05) is 18.2 Å². The number of fused-ring (bicyclic) bond motifs is 1. The molecule has 1 aromatic rings. The highest BCUT2D eigenvalue weighted by Crippen LogP contribution is 2.24. The van der Waals surface area contributed by atoms with Crippen LogP contribution in [-0.2, 0) is 11.1 Å². The Balaban J connectivity index is 2.54. The van der Waals surface area contributed by atoms with Crippen molar-refractivity contribution in [1.82, 2.24) is 0 Å². The third-order valence-corrected chi connectivity index (χ3v) is 2.15. The quantitative estimate of drug-likeness (QED) is 0.586. The molecule has 1 aromatic carbocycles. The number of benzene rings is 1. The minimum absolute atomic E-state index is 0.688. The zero-order valence-corrected chi connectivity index (χ0v) is 6.51. The summed E-state index contributed by atoms with van der Waals surface area (Å²) >= 11 is -1.28. The highest BCUT2D eigenvalue weighted by molar-refractivity contribution is 7.83. The molecule has 0 aliphatic carbocycles. The van der Waals surface area contributed by atoms with Gasteiger partial charge in [-0.05, 0) is 12.1 Å². The van der Waals surface area contributed by atoms with Gasteiger partial charge in [0.1, 0.15) is 5.75 Å². The second-order valence-corrected chi connectivity index (χ2v) is 3.14. The highest BCUT2D eigenvalue weighted by atomic mass is 32.2. The molecule has 0 aromatic heterocycles. The molecule has 3 heteroatoms. The van der Waals surface area contributed by atoms with E-state index in [4.69, 9.17) is 4.18 Å². The Hall–Kier alpha value is -1.09. The lowest BCUT2D eigenvalue weighted by molar-refractivity contribution is 0.568. The summed E-state index contributed by atoms with van der Waals surface area (Å²) in [7, 11) is 0. The van der Waals surface area contributed by atoms with Crippen LogP contribution < -0.4 is 4.18 Å². The fraction of sp³-hybridized carbons (Fsp3) is 0. The largest absolute Gasteiger partial charge is 0.397 e. The molecule has 0 fully saturated rings. The van der Waals surface area contributed by atoms with Crippen LogP contribution >= 0.6 is 0 Å². The maximum atomic E-state index is 10.8. The topological polar surface area (TPSA) is 26.3 Å². The highest BCUT2D eigenvalue weighted by Gasteiger charge is 2.07. The first kappa shape index (κ1) is 6.61. The van der Waals surface area contributed by atoms with Crippen LogP contribution in [-0.4, -0.2) is 4.21 Å². The molecular formula is C8H6O2S. The van der Waals surface area contributed by atoms with Gasteiger partial charge in [0.25, 0.3) is 0 Å². The molecule has 1 aliphatic heterocycles. The first-order valence-electron chi connectivity index (χ1n) is 3.22. The first-order chi connectivity index (χ1) is 5.36. The molecule has 1 aliphatic rings. The van der Waals surface area contributed by atoms with Crippen molar-refractivity contribution in [3.63, 3.8) is 0 Å². The maximum Gasteiger partial charge on any atom is 0.233 e. The molecule has 2 rings (SSSR count). The van der Waals surface area contributed by atoms with Gasteiger partial charge in [-0.25, -0.2) is 4.21 Å². The lowest BCUT2D eigenvalue weighted by atomic mass is 10.2. The van der Waals surface area contributed by atoms with Crippen LogP contribution in [0.15, 0.2) is 29.7 Å². The molecule has 0 N–H and O–H groups in total. The van der Waals surface area contributed by atoms with Crippen molar-refractivity contribution < 1.29 is 8.39 Å². The Morgan fingerprint density at radius 1 is 1.27 bits per heavy atom. The molecule has 1 atom stereocenters. The molecular weight excluding hydrogens is 160 g/mol. The average Bonchev–Trinajstić information content (AvgIpc) is 2.04. The van der Waals surface area contributed by atoms with Gasteiger partial charge in [-0.2, -0.15) is 0 Å². The maximum absolute atomic E-state index is 10.8. The van der Waals surface area contributed by atoms with E-state index in [0.29, 0.717) is 5.75 Å². The predicted octanol–water partition coefficient (Wildman–Crippen LogP) is 1.71. The summed E-state index contributed by atoms with van der Waals surface area (Å²) in [5.74, 6) is 0.688. The van der Waals surface area contributed by atoms with E-state index in [2.05, 4.69) is 0 Å². The fourth-order valence-corrected chi connectivity index (χ4v) is 1.58. The fourth-order valence-electron chi connectivity index (χ4n) is 0.939. The van der Waals surface area contributed by atoms with E-state index in [-0.39, 0.29) is 0 Å². The van der Waals surface area contributed by atoms with Gasteiger partial charge in [-0.1, -0.05) is 18.2 Å². The number of rotatable bonds is 0. The van der Waals surface area contributed by atoms with Gasteiger partial charge in [0.2, 0.25) is 11.1 Å². The van der Waals surface area contributed by atoms with Crippen molar-refractivity contribution >= 4 is 17.2 Å². The molecule has 56 valence electrons. The second-order valence-electron chi connectivity index (χ2n) is 2.18. The molecule has 1 heterocycles. The lowest BCUT2D eigenvalue weighted by Crippen LogP contribution is -2.01. The molecule has 0 bridgehead atoms. The van der Waals surface area contributed by atoms with Gasteiger partial charge in [-0.3, -0.25) is 0 Å².